The summed E-state index contributed by atoms with van der Waals surface area (Å²) in [5.41, 5.74) is 9.32. The third-order valence-electron chi connectivity index (χ3n) is 7.84. The molecule has 2 aromatic carbocycles. The van der Waals surface area contributed by atoms with E-state index in [4.69, 9.17) is 10.2 Å². The van der Waals surface area contributed by atoms with Crippen LogP contribution in [0, 0.1) is 5.82 Å². The van der Waals surface area contributed by atoms with E-state index in [-0.39, 0.29) is 36.4 Å². The Morgan fingerprint density at radius 1 is 0.978 bits per heavy atom. The molecule has 2 N–H and O–H groups in total. The zero-order chi connectivity index (χ0) is 31.6. The van der Waals surface area contributed by atoms with Crippen molar-refractivity contribution in [3.05, 3.63) is 108 Å². The minimum absolute atomic E-state index is 0.0783. The molecule has 0 saturated carbocycles. The van der Waals surface area contributed by atoms with Gasteiger partial charge in [0.1, 0.15) is 23.0 Å². The number of nitrogens with two attached hydrogens (primary N) is 1. The van der Waals surface area contributed by atoms with Crippen molar-refractivity contribution in [1.82, 2.24) is 14.9 Å². The first-order valence-corrected chi connectivity index (χ1v) is 14.5. The lowest BCUT2D eigenvalue weighted by Crippen LogP contribution is -2.42. The number of hydrogen-bond donors (Lipinski definition) is 1. The summed E-state index contributed by atoms with van der Waals surface area (Å²) in [7, 11) is 0. The van der Waals surface area contributed by atoms with E-state index >= 15 is 4.39 Å². The number of ketones is 1. The van der Waals surface area contributed by atoms with Crippen molar-refractivity contribution in [2.75, 3.05) is 18.8 Å². The van der Waals surface area contributed by atoms with E-state index in [1.54, 1.807) is 55.0 Å². The highest BCUT2D eigenvalue weighted by Crippen LogP contribution is 2.37. The number of rotatable bonds is 8. The third kappa shape index (κ3) is 6.80. The molecule has 3 aromatic heterocycles. The minimum Gasteiger partial charge on any atom is -0.460 e. The highest BCUT2D eigenvalue weighted by molar-refractivity contribution is 5.98. The van der Waals surface area contributed by atoms with Crippen molar-refractivity contribution in [1.29, 1.82) is 0 Å². The zero-order valence-corrected chi connectivity index (χ0v) is 24.2. The van der Waals surface area contributed by atoms with Crippen LogP contribution in [0.2, 0.25) is 0 Å². The van der Waals surface area contributed by atoms with Crippen LogP contribution in [0.3, 0.4) is 0 Å². The molecule has 1 aliphatic heterocycles. The summed E-state index contributed by atoms with van der Waals surface area (Å²) in [6.45, 7) is -0.157. The van der Waals surface area contributed by atoms with Gasteiger partial charge in [-0.15, -0.1) is 0 Å². The smallest absolute Gasteiger partial charge is 0.253 e. The lowest BCUT2D eigenvalue weighted by molar-refractivity contribution is -0.114. The van der Waals surface area contributed by atoms with Crippen LogP contribution in [0.5, 0.6) is 0 Å². The number of anilines is 1. The van der Waals surface area contributed by atoms with Gasteiger partial charge in [0.15, 0.2) is 5.78 Å². The summed E-state index contributed by atoms with van der Waals surface area (Å²) in [4.78, 5) is 35.0. The van der Waals surface area contributed by atoms with Crippen molar-refractivity contribution in [2.24, 2.45) is 0 Å². The maximum absolute atomic E-state index is 15.6. The molecule has 45 heavy (non-hydrogen) atoms. The molecular weight excluding hydrogens is 581 g/mol. The van der Waals surface area contributed by atoms with Crippen molar-refractivity contribution < 1.29 is 27.2 Å². The quantitative estimate of drug-likeness (QED) is 0.184. The topological polar surface area (TPSA) is 102 Å². The molecule has 1 aliphatic rings. The molecule has 4 heterocycles. The van der Waals surface area contributed by atoms with E-state index in [9.17, 15) is 18.4 Å². The molecule has 0 atom stereocenters. The summed E-state index contributed by atoms with van der Waals surface area (Å²) in [6, 6.07) is 16.7. The lowest BCUT2D eigenvalue weighted by Gasteiger charge is -2.31. The van der Waals surface area contributed by atoms with Crippen LogP contribution in [0.1, 0.15) is 40.9 Å². The van der Waals surface area contributed by atoms with E-state index < -0.39 is 30.5 Å². The SMILES string of the molecule is Nc1ccc(/C=C/C(=O)CCc2cc3cc(-c4ccc(C(=O)N5CCC(F)(F)CC5)cc4F)cc(-c4cccnc4)c3o2)cn1. The standard InChI is InChI=1S/C35H29F3N4O3/c36-31-19-23(34(44)42-14-11-35(37,38)12-15-42)5-9-29(31)25-16-26-17-28(45-33(26)30(18-25)24-2-1-13-40-21-24)8-7-27(43)6-3-22-4-10-32(39)41-20-22/h1-6,9-10,13,16-21H,7-8,11-12,14-15H2,(H2,39,41)/b6-3+. The fourth-order valence-corrected chi connectivity index (χ4v) is 5.36. The Balaban J connectivity index is 1.26. The largest absolute Gasteiger partial charge is 0.460 e. The Hall–Kier alpha value is -5.25. The first-order chi connectivity index (χ1) is 21.6. The van der Waals surface area contributed by atoms with E-state index in [1.165, 1.54) is 23.1 Å². The number of likely N-dealkylation sites (tertiary alicyclic amines) is 1. The summed E-state index contributed by atoms with van der Waals surface area (Å²) >= 11 is 0. The van der Waals surface area contributed by atoms with Gasteiger partial charge in [-0.2, -0.15) is 0 Å². The van der Waals surface area contributed by atoms with E-state index in [0.717, 1.165) is 17.2 Å². The van der Waals surface area contributed by atoms with Crippen LogP contribution in [-0.2, 0) is 11.2 Å². The molecule has 0 aliphatic carbocycles. The second-order valence-corrected chi connectivity index (χ2v) is 11.1. The lowest BCUT2D eigenvalue weighted by atomic mass is 9.96. The molecule has 228 valence electrons. The molecule has 7 nitrogen and oxygen atoms in total. The number of allylic oxidation sites excluding steroid dienone is 1. The Morgan fingerprint density at radius 3 is 2.51 bits per heavy atom. The number of fused-ring (bicyclic) bond motifs is 1. The predicted octanol–water partition coefficient (Wildman–Crippen LogP) is 7.36. The van der Waals surface area contributed by atoms with Gasteiger partial charge in [0.05, 0.1) is 0 Å². The number of aromatic nitrogens is 2. The van der Waals surface area contributed by atoms with E-state index in [1.807, 2.05) is 12.1 Å². The van der Waals surface area contributed by atoms with Crippen LogP contribution in [0.25, 0.3) is 39.3 Å². The van der Waals surface area contributed by atoms with Gasteiger partial charge in [-0.25, -0.2) is 18.2 Å². The Bertz CT molecular complexity index is 1890. The second kappa shape index (κ2) is 12.4. The van der Waals surface area contributed by atoms with Gasteiger partial charge in [-0.1, -0.05) is 12.1 Å². The monoisotopic (exact) mass is 610 g/mol. The van der Waals surface area contributed by atoms with Crippen molar-refractivity contribution in [3.63, 3.8) is 0 Å². The van der Waals surface area contributed by atoms with Gasteiger partial charge in [0.25, 0.3) is 11.8 Å². The highest BCUT2D eigenvalue weighted by atomic mass is 19.3. The molecule has 10 heteroatoms. The number of carbonyl (C=O) groups is 2. The van der Waals surface area contributed by atoms with Crippen LogP contribution < -0.4 is 5.73 Å². The first kappa shape index (κ1) is 29.8. The average molecular weight is 611 g/mol. The van der Waals surface area contributed by atoms with Gasteiger partial charge >= 0.3 is 0 Å². The number of benzene rings is 2. The van der Waals surface area contributed by atoms with Gasteiger partial charge in [0, 0.05) is 85.0 Å². The number of furan rings is 1. The number of nitrogen functional groups attached to an aromatic ring is 1. The fraction of sp³-hybridized carbons (Fsp3) is 0.200. The molecule has 6 rings (SSSR count). The Kier molecular flexibility index (Phi) is 8.21. The summed E-state index contributed by atoms with van der Waals surface area (Å²) in [5, 5.41) is 0.714. The van der Waals surface area contributed by atoms with Crippen LogP contribution in [-0.4, -0.2) is 45.6 Å². The molecular formula is C35H29F3N4O3. The van der Waals surface area contributed by atoms with Crippen LogP contribution in [0.15, 0.2) is 89.7 Å². The van der Waals surface area contributed by atoms with Crippen molar-refractivity contribution in [3.8, 4) is 22.3 Å². The Morgan fingerprint density at radius 2 is 1.80 bits per heavy atom. The normalized spacial score (nSPS) is 14.7. The first-order valence-electron chi connectivity index (χ1n) is 14.5. The molecule has 0 bridgehead atoms. The van der Waals surface area contributed by atoms with Gasteiger partial charge in [-0.05, 0) is 71.8 Å². The zero-order valence-electron chi connectivity index (χ0n) is 24.2. The average Bonchev–Trinajstić information content (AvgIpc) is 3.46. The van der Waals surface area contributed by atoms with E-state index in [0.29, 0.717) is 40.1 Å². The van der Waals surface area contributed by atoms with Gasteiger partial charge in [0.2, 0.25) is 0 Å². The van der Waals surface area contributed by atoms with Crippen molar-refractivity contribution >= 4 is 34.6 Å². The van der Waals surface area contributed by atoms with Crippen LogP contribution in [0.4, 0.5) is 19.0 Å². The maximum Gasteiger partial charge on any atom is 0.253 e. The molecule has 0 radical (unpaired) electrons. The number of aryl methyl sites for hydroxylation is 1. The number of carbonyl (C=O) groups excluding carboxylic acids is 2. The number of amides is 1. The maximum atomic E-state index is 15.6. The van der Waals surface area contributed by atoms with Crippen molar-refractivity contribution in [2.45, 2.75) is 31.6 Å². The number of hydrogen-bond acceptors (Lipinski definition) is 6. The number of nitrogens with zero attached hydrogens (tertiary/aromatic N) is 3. The second-order valence-electron chi connectivity index (χ2n) is 11.1. The Labute approximate surface area is 257 Å². The summed E-state index contributed by atoms with van der Waals surface area (Å²) in [5.74, 6) is -2.97. The fourth-order valence-electron chi connectivity index (χ4n) is 5.36. The molecule has 0 unspecified atom stereocenters. The third-order valence-corrected chi connectivity index (χ3v) is 7.84. The van der Waals surface area contributed by atoms with Gasteiger partial charge < -0.3 is 15.1 Å². The molecule has 1 fully saturated rings. The molecule has 0 spiro atoms. The van der Waals surface area contributed by atoms with Crippen LogP contribution >= 0.6 is 0 Å². The molecule has 1 amide bonds. The van der Waals surface area contributed by atoms with E-state index in [2.05, 4.69) is 9.97 Å². The molecule has 5 aromatic rings. The number of halogens is 3. The number of piperidine rings is 1. The molecule has 1 saturated heterocycles. The predicted molar refractivity (Wildman–Crippen MR) is 166 cm³/mol. The number of pyridine rings is 2. The minimum atomic E-state index is -2.79. The highest BCUT2D eigenvalue weighted by Gasteiger charge is 2.36. The number of alkyl halides is 2. The summed E-state index contributed by atoms with van der Waals surface area (Å²) in [6.07, 6.45) is 7.84. The van der Waals surface area contributed by atoms with Gasteiger partial charge in [-0.3, -0.25) is 14.6 Å². The summed E-state index contributed by atoms with van der Waals surface area (Å²) < 4.78 is 48.9.